The maximum Gasteiger partial charge on any atom is 0.390 e. The molecule has 1 aliphatic heterocycles. The quantitative estimate of drug-likeness (QED) is 0.438. The van der Waals surface area contributed by atoms with Crippen LogP contribution in [0.2, 0.25) is 0 Å². The molecule has 0 spiro atoms. The second kappa shape index (κ2) is 8.80. The number of nitrogens with zero attached hydrogens (tertiary/aromatic N) is 3. The summed E-state index contributed by atoms with van der Waals surface area (Å²) in [6, 6.07) is 4.10. The minimum absolute atomic E-state index is 0. The second-order valence-electron chi connectivity index (χ2n) is 4.76. The molecule has 1 fully saturated rings. The molecule has 1 N–H and O–H groups in total. The van der Waals surface area contributed by atoms with E-state index >= 15 is 0 Å². The number of guanidine groups is 1. The molecule has 0 unspecified atom stereocenters. The van der Waals surface area contributed by atoms with Crippen LogP contribution in [-0.4, -0.2) is 56.8 Å². The number of rotatable bonds is 3. The standard InChI is InChI=1S/C13H19F3N4S.HI/c1-17-12(18-5-4-13(14,15)16)20-8-6-19(7-9-20)11-3-2-10-21-11;/h2-3,10H,4-9H2,1H3,(H,17,18);1H. The van der Waals surface area contributed by atoms with Crippen molar-refractivity contribution < 1.29 is 13.2 Å². The highest BCUT2D eigenvalue weighted by Crippen LogP contribution is 2.22. The van der Waals surface area contributed by atoms with Gasteiger partial charge in [0.25, 0.3) is 0 Å². The number of hydrogen-bond donors (Lipinski definition) is 1. The van der Waals surface area contributed by atoms with Gasteiger partial charge in [-0.3, -0.25) is 4.99 Å². The average molecular weight is 448 g/mol. The average Bonchev–Trinajstić information content (AvgIpc) is 2.97. The normalized spacial score (nSPS) is 16.5. The molecule has 0 amide bonds. The fourth-order valence-corrected chi connectivity index (χ4v) is 3.02. The first kappa shape index (κ1) is 19.3. The number of nitrogens with one attached hydrogen (secondary N) is 1. The molecule has 0 bridgehead atoms. The number of aliphatic imine (C=N–C) groups is 1. The molecule has 1 aromatic rings. The van der Waals surface area contributed by atoms with Gasteiger partial charge in [0.2, 0.25) is 0 Å². The number of thiophene rings is 1. The minimum atomic E-state index is -4.14. The SMILES string of the molecule is CN=C(NCCC(F)(F)F)N1CCN(c2cccs2)CC1.I. The molecule has 126 valence electrons. The number of halogens is 4. The Morgan fingerprint density at radius 2 is 2.00 bits per heavy atom. The van der Waals surface area contributed by atoms with E-state index in [1.165, 1.54) is 5.00 Å². The molecule has 0 aliphatic carbocycles. The predicted octanol–water partition coefficient (Wildman–Crippen LogP) is 3.02. The highest BCUT2D eigenvalue weighted by Gasteiger charge is 2.27. The summed E-state index contributed by atoms with van der Waals surface area (Å²) in [5.74, 6) is 0.546. The van der Waals surface area contributed by atoms with Crippen LogP contribution in [-0.2, 0) is 0 Å². The number of anilines is 1. The van der Waals surface area contributed by atoms with Gasteiger partial charge < -0.3 is 15.1 Å². The molecule has 4 nitrogen and oxygen atoms in total. The van der Waals surface area contributed by atoms with Gasteiger partial charge in [-0.25, -0.2) is 0 Å². The third kappa shape index (κ3) is 5.82. The molecule has 0 radical (unpaired) electrons. The molecular formula is C13H20F3IN4S. The van der Waals surface area contributed by atoms with Crippen molar-refractivity contribution in [1.82, 2.24) is 10.2 Å². The summed E-state index contributed by atoms with van der Waals surface area (Å²) in [7, 11) is 1.60. The number of hydrogen-bond acceptors (Lipinski definition) is 3. The summed E-state index contributed by atoms with van der Waals surface area (Å²) in [5, 5.41) is 6.06. The van der Waals surface area contributed by atoms with Crippen molar-refractivity contribution in [2.45, 2.75) is 12.6 Å². The van der Waals surface area contributed by atoms with Crippen molar-refractivity contribution in [2.75, 3.05) is 44.7 Å². The topological polar surface area (TPSA) is 30.9 Å². The molecule has 1 saturated heterocycles. The lowest BCUT2D eigenvalue weighted by molar-refractivity contribution is -0.132. The van der Waals surface area contributed by atoms with Crippen LogP contribution in [0.1, 0.15) is 6.42 Å². The van der Waals surface area contributed by atoms with Gasteiger partial charge in [0, 0.05) is 39.8 Å². The fraction of sp³-hybridized carbons (Fsp3) is 0.615. The summed E-state index contributed by atoms with van der Waals surface area (Å²) in [5.41, 5.74) is 0. The van der Waals surface area contributed by atoms with Crippen LogP contribution in [0, 0.1) is 0 Å². The Morgan fingerprint density at radius 1 is 1.32 bits per heavy atom. The summed E-state index contributed by atoms with van der Waals surface area (Å²) in [4.78, 5) is 8.35. The molecule has 22 heavy (non-hydrogen) atoms. The smallest absolute Gasteiger partial charge is 0.360 e. The molecule has 1 aromatic heterocycles. The number of alkyl halides is 3. The predicted molar refractivity (Wildman–Crippen MR) is 95.6 cm³/mol. The summed E-state index contributed by atoms with van der Waals surface area (Å²) < 4.78 is 36.5. The van der Waals surface area contributed by atoms with Crippen LogP contribution >= 0.6 is 35.3 Å². The molecule has 2 rings (SSSR count). The summed E-state index contributed by atoms with van der Waals surface area (Å²) >= 11 is 1.70. The first-order valence-corrected chi connectivity index (χ1v) is 7.68. The molecule has 1 aliphatic rings. The monoisotopic (exact) mass is 448 g/mol. The zero-order chi connectivity index (χ0) is 15.3. The van der Waals surface area contributed by atoms with E-state index in [1.54, 1.807) is 18.4 Å². The highest BCUT2D eigenvalue weighted by atomic mass is 127. The maximum atomic E-state index is 12.2. The molecule has 0 aromatic carbocycles. The Hall–Kier alpha value is -0.710. The van der Waals surface area contributed by atoms with Gasteiger partial charge >= 0.3 is 6.18 Å². The van der Waals surface area contributed by atoms with E-state index in [-0.39, 0.29) is 30.5 Å². The van der Waals surface area contributed by atoms with Gasteiger partial charge in [-0.2, -0.15) is 13.2 Å². The van der Waals surface area contributed by atoms with Crippen LogP contribution in [0.4, 0.5) is 18.2 Å². The van der Waals surface area contributed by atoms with Crippen LogP contribution in [0.25, 0.3) is 0 Å². The highest BCUT2D eigenvalue weighted by molar-refractivity contribution is 14.0. The lowest BCUT2D eigenvalue weighted by atomic mass is 10.3. The van der Waals surface area contributed by atoms with Gasteiger partial charge in [0.05, 0.1) is 11.4 Å². The van der Waals surface area contributed by atoms with Crippen molar-refractivity contribution in [3.05, 3.63) is 17.5 Å². The summed E-state index contributed by atoms with van der Waals surface area (Å²) in [6.07, 6.45) is -4.98. The van der Waals surface area contributed by atoms with Crippen molar-refractivity contribution >= 4 is 46.3 Å². The summed E-state index contributed by atoms with van der Waals surface area (Å²) in [6.45, 7) is 3.06. The van der Waals surface area contributed by atoms with Crippen molar-refractivity contribution in [2.24, 2.45) is 4.99 Å². The third-order valence-corrected chi connectivity index (χ3v) is 4.23. The van der Waals surface area contributed by atoms with Crippen molar-refractivity contribution in [3.8, 4) is 0 Å². The van der Waals surface area contributed by atoms with Crippen molar-refractivity contribution in [1.29, 1.82) is 0 Å². The lowest BCUT2D eigenvalue weighted by Gasteiger charge is -2.37. The van der Waals surface area contributed by atoms with E-state index < -0.39 is 12.6 Å². The molecule has 2 heterocycles. The minimum Gasteiger partial charge on any atom is -0.360 e. The van der Waals surface area contributed by atoms with Crippen molar-refractivity contribution in [3.63, 3.8) is 0 Å². The first-order chi connectivity index (χ1) is 9.99. The Balaban J connectivity index is 0.00000242. The van der Waals surface area contributed by atoms with Crippen LogP contribution in [0.15, 0.2) is 22.5 Å². The first-order valence-electron chi connectivity index (χ1n) is 6.80. The van der Waals surface area contributed by atoms with E-state index in [0.717, 1.165) is 26.2 Å². The molecule has 9 heteroatoms. The van der Waals surface area contributed by atoms with Gasteiger partial charge in [-0.15, -0.1) is 35.3 Å². The Morgan fingerprint density at radius 3 is 2.50 bits per heavy atom. The molecular weight excluding hydrogens is 428 g/mol. The van der Waals surface area contributed by atoms with E-state index in [1.807, 2.05) is 16.3 Å². The fourth-order valence-electron chi connectivity index (χ4n) is 2.24. The lowest BCUT2D eigenvalue weighted by Crippen LogP contribution is -2.52. The van der Waals surface area contributed by atoms with Crippen LogP contribution < -0.4 is 10.2 Å². The van der Waals surface area contributed by atoms with Crippen LogP contribution in [0.5, 0.6) is 0 Å². The Bertz CT molecular complexity index is 456. The Kier molecular flexibility index (Phi) is 7.74. The van der Waals surface area contributed by atoms with E-state index in [2.05, 4.69) is 21.3 Å². The third-order valence-electron chi connectivity index (χ3n) is 3.30. The van der Waals surface area contributed by atoms with Gasteiger partial charge in [0.1, 0.15) is 0 Å². The van der Waals surface area contributed by atoms with E-state index in [4.69, 9.17) is 0 Å². The number of piperazine rings is 1. The maximum absolute atomic E-state index is 12.2. The van der Waals surface area contributed by atoms with Crippen LogP contribution in [0.3, 0.4) is 0 Å². The van der Waals surface area contributed by atoms with E-state index in [9.17, 15) is 13.2 Å². The second-order valence-corrected chi connectivity index (χ2v) is 5.69. The molecule has 0 atom stereocenters. The van der Waals surface area contributed by atoms with Gasteiger partial charge in [-0.1, -0.05) is 0 Å². The zero-order valence-corrected chi connectivity index (χ0v) is 15.4. The zero-order valence-electron chi connectivity index (χ0n) is 12.3. The Labute approximate surface area is 149 Å². The van der Waals surface area contributed by atoms with Gasteiger partial charge in [0.15, 0.2) is 5.96 Å². The molecule has 0 saturated carbocycles. The largest absolute Gasteiger partial charge is 0.390 e. The van der Waals surface area contributed by atoms with E-state index in [0.29, 0.717) is 5.96 Å². The van der Waals surface area contributed by atoms with Gasteiger partial charge in [-0.05, 0) is 17.5 Å².